The second kappa shape index (κ2) is 5.38. The Morgan fingerprint density at radius 3 is 2.95 bits per heavy atom. The Kier molecular flexibility index (Phi) is 3.52. The number of quaternary nitrogens is 1. The van der Waals surface area contributed by atoms with Crippen molar-refractivity contribution in [2.75, 3.05) is 26.2 Å². The molecule has 0 saturated carbocycles. The first-order valence-electron chi connectivity index (χ1n) is 8.64. The second-order valence-electron chi connectivity index (χ2n) is 7.10. The summed E-state index contributed by atoms with van der Waals surface area (Å²) in [7, 11) is 0. The second-order valence-corrected chi connectivity index (χ2v) is 7.10. The number of hydrogen-bond acceptors (Lipinski definition) is 1. The van der Waals surface area contributed by atoms with E-state index in [-0.39, 0.29) is 0 Å². The Hall–Kier alpha value is -0.900. The van der Waals surface area contributed by atoms with Crippen LogP contribution in [-0.4, -0.2) is 38.3 Å². The minimum absolute atomic E-state index is 0.765. The fourth-order valence-corrected chi connectivity index (χ4v) is 4.93. The minimum Gasteiger partial charge on any atom is -0.311 e. The zero-order chi connectivity index (χ0) is 14.3. The van der Waals surface area contributed by atoms with Crippen LogP contribution in [0, 0.1) is 0 Å². The zero-order valence-electron chi connectivity index (χ0n) is 13.1. The molecule has 1 radical (unpaired) electrons. The third-order valence-electron chi connectivity index (χ3n) is 6.11. The summed E-state index contributed by atoms with van der Waals surface area (Å²) in [5.41, 5.74) is 4.60. The van der Waals surface area contributed by atoms with Crippen LogP contribution in [0.1, 0.15) is 37.3 Å². The van der Waals surface area contributed by atoms with Crippen molar-refractivity contribution in [2.24, 2.45) is 0 Å². The lowest BCUT2D eigenvalue weighted by Gasteiger charge is -2.43. The van der Waals surface area contributed by atoms with Crippen molar-refractivity contribution in [1.29, 1.82) is 0 Å². The number of rotatable bonds is 2. The summed E-state index contributed by atoms with van der Waals surface area (Å²) >= 11 is 0. The van der Waals surface area contributed by atoms with Gasteiger partial charge in [0.1, 0.15) is 11.7 Å². The highest BCUT2D eigenvalue weighted by molar-refractivity contribution is 5.51. The van der Waals surface area contributed by atoms with E-state index in [4.69, 9.17) is 0 Å². The SMILES string of the molecule is C[C@H]1CCC[N+]1(c1ccc2c(c1)CC[N]C2)[C@H]1CCNC1. The third-order valence-corrected chi connectivity index (χ3v) is 6.11. The molecule has 0 aliphatic carbocycles. The van der Waals surface area contributed by atoms with Gasteiger partial charge in [-0.05, 0) is 30.5 Å². The van der Waals surface area contributed by atoms with Crippen molar-refractivity contribution < 1.29 is 0 Å². The molecule has 4 rings (SSSR count). The molecule has 2 fully saturated rings. The van der Waals surface area contributed by atoms with Crippen molar-refractivity contribution in [1.82, 2.24) is 15.1 Å². The molecule has 3 atom stereocenters. The molecule has 0 spiro atoms. The molecule has 1 N–H and O–H groups in total. The van der Waals surface area contributed by atoms with Gasteiger partial charge in [0.15, 0.2) is 0 Å². The van der Waals surface area contributed by atoms with E-state index in [9.17, 15) is 0 Å². The first-order chi connectivity index (χ1) is 10.3. The fourth-order valence-electron chi connectivity index (χ4n) is 4.93. The zero-order valence-corrected chi connectivity index (χ0v) is 13.1. The lowest BCUT2D eigenvalue weighted by Crippen LogP contribution is -2.59. The quantitative estimate of drug-likeness (QED) is 0.828. The Bertz CT molecular complexity index is 521. The van der Waals surface area contributed by atoms with Crippen LogP contribution in [0.4, 0.5) is 5.69 Å². The van der Waals surface area contributed by atoms with Crippen LogP contribution >= 0.6 is 0 Å². The molecule has 1 unspecified atom stereocenters. The van der Waals surface area contributed by atoms with Crippen molar-refractivity contribution in [3.63, 3.8) is 0 Å². The average Bonchev–Trinajstić information content (AvgIpc) is 3.17. The first-order valence-corrected chi connectivity index (χ1v) is 8.64. The number of fused-ring (bicyclic) bond motifs is 1. The van der Waals surface area contributed by atoms with E-state index >= 15 is 0 Å². The molecule has 3 nitrogen and oxygen atoms in total. The number of nitrogens with zero attached hydrogens (tertiary/aromatic N) is 2. The van der Waals surface area contributed by atoms with Crippen molar-refractivity contribution in [2.45, 2.75) is 51.2 Å². The van der Waals surface area contributed by atoms with Gasteiger partial charge >= 0.3 is 0 Å². The maximum Gasteiger partial charge on any atom is 0.133 e. The molecule has 3 aliphatic heterocycles. The number of likely N-dealkylation sites (tertiary alicyclic amines) is 1. The molecule has 113 valence electrons. The van der Waals surface area contributed by atoms with Crippen LogP contribution < -0.4 is 15.1 Å². The molecule has 3 heteroatoms. The Balaban J connectivity index is 1.76. The van der Waals surface area contributed by atoms with Crippen LogP contribution in [-0.2, 0) is 13.0 Å². The summed E-state index contributed by atoms with van der Waals surface area (Å²) in [6, 6.07) is 8.85. The molecule has 1 aromatic carbocycles. The monoisotopic (exact) mass is 285 g/mol. The van der Waals surface area contributed by atoms with Gasteiger partial charge in [-0.2, -0.15) is 0 Å². The van der Waals surface area contributed by atoms with Crippen molar-refractivity contribution >= 4 is 5.69 Å². The van der Waals surface area contributed by atoms with E-state index in [1.165, 1.54) is 48.9 Å². The molecule has 0 aromatic heterocycles. The van der Waals surface area contributed by atoms with Crippen LogP contribution in [0.15, 0.2) is 18.2 Å². The summed E-state index contributed by atoms with van der Waals surface area (Å²) in [5, 5.41) is 8.14. The van der Waals surface area contributed by atoms with Crippen molar-refractivity contribution in [3.05, 3.63) is 29.3 Å². The van der Waals surface area contributed by atoms with Crippen LogP contribution in [0.25, 0.3) is 0 Å². The molecule has 0 amide bonds. The Morgan fingerprint density at radius 2 is 2.19 bits per heavy atom. The highest BCUT2D eigenvalue weighted by Crippen LogP contribution is 2.40. The molecule has 1 aromatic rings. The smallest absolute Gasteiger partial charge is 0.133 e. The lowest BCUT2D eigenvalue weighted by atomic mass is 9.97. The van der Waals surface area contributed by atoms with Gasteiger partial charge in [0.25, 0.3) is 0 Å². The molecule has 3 aliphatic rings. The summed E-state index contributed by atoms with van der Waals surface area (Å²) in [6.45, 7) is 8.13. The van der Waals surface area contributed by atoms with E-state index in [1.807, 2.05) is 0 Å². The number of benzene rings is 1. The fraction of sp³-hybridized carbons (Fsp3) is 0.667. The predicted molar refractivity (Wildman–Crippen MR) is 87.5 cm³/mol. The van der Waals surface area contributed by atoms with Gasteiger partial charge in [0.05, 0.1) is 12.6 Å². The van der Waals surface area contributed by atoms with Gasteiger partial charge in [0.2, 0.25) is 0 Å². The molecular weight excluding hydrogens is 258 g/mol. The van der Waals surface area contributed by atoms with Gasteiger partial charge in [0, 0.05) is 51.5 Å². The number of hydrogen-bond donors (Lipinski definition) is 1. The highest BCUT2D eigenvalue weighted by Gasteiger charge is 2.48. The molecule has 3 heterocycles. The maximum absolute atomic E-state index is 4.54. The lowest BCUT2D eigenvalue weighted by molar-refractivity contribution is 0.203. The minimum atomic E-state index is 0.765. The van der Waals surface area contributed by atoms with Gasteiger partial charge < -0.3 is 5.32 Å². The van der Waals surface area contributed by atoms with E-state index in [2.05, 4.69) is 35.8 Å². The Labute approximate surface area is 128 Å². The highest BCUT2D eigenvalue weighted by atomic mass is 15.4. The van der Waals surface area contributed by atoms with Gasteiger partial charge in [-0.25, -0.2) is 5.32 Å². The first kappa shape index (κ1) is 13.7. The van der Waals surface area contributed by atoms with Gasteiger partial charge in [-0.1, -0.05) is 6.07 Å². The van der Waals surface area contributed by atoms with E-state index in [1.54, 1.807) is 11.3 Å². The van der Waals surface area contributed by atoms with Crippen LogP contribution in [0.2, 0.25) is 0 Å². The molecular formula is C18H27N3+. The van der Waals surface area contributed by atoms with Gasteiger partial charge in [-0.15, -0.1) is 0 Å². The third kappa shape index (κ3) is 2.14. The van der Waals surface area contributed by atoms with Crippen LogP contribution in [0.3, 0.4) is 0 Å². The summed E-state index contributed by atoms with van der Waals surface area (Å²) in [6.07, 6.45) is 5.23. The van der Waals surface area contributed by atoms with Crippen LogP contribution in [0.5, 0.6) is 0 Å². The standard InChI is InChI=1S/C18H27N3/c1-14-3-2-10-21(14,18-7-9-20-13-18)17-5-4-16-12-19-8-6-15(16)11-17/h4-5,11,14,18,20H,2-3,6-10,12-13H2,1H3/q+1/t14-,18-,21?/m0/s1. The number of nitrogens with one attached hydrogen (secondary N) is 1. The van der Waals surface area contributed by atoms with E-state index < -0.39 is 0 Å². The molecule has 2 saturated heterocycles. The topological polar surface area (TPSA) is 26.1 Å². The largest absolute Gasteiger partial charge is 0.311 e. The maximum atomic E-state index is 4.54. The normalized spacial score (nSPS) is 35.9. The Morgan fingerprint density at radius 1 is 1.24 bits per heavy atom. The van der Waals surface area contributed by atoms with Gasteiger partial charge in [-0.3, -0.25) is 4.48 Å². The molecule has 0 bridgehead atoms. The predicted octanol–water partition coefficient (Wildman–Crippen LogP) is 2.20. The molecule has 21 heavy (non-hydrogen) atoms. The summed E-state index contributed by atoms with van der Waals surface area (Å²) in [4.78, 5) is 0. The van der Waals surface area contributed by atoms with E-state index in [0.717, 1.165) is 31.6 Å². The average molecular weight is 285 g/mol. The van der Waals surface area contributed by atoms with E-state index in [0.29, 0.717) is 0 Å². The summed E-state index contributed by atoms with van der Waals surface area (Å²) in [5.74, 6) is 0. The van der Waals surface area contributed by atoms with Crippen molar-refractivity contribution in [3.8, 4) is 0 Å². The summed E-state index contributed by atoms with van der Waals surface area (Å²) < 4.78 is 1.23.